The van der Waals surface area contributed by atoms with Crippen molar-refractivity contribution in [3.05, 3.63) is 57.6 Å². The van der Waals surface area contributed by atoms with Gasteiger partial charge in [-0.1, -0.05) is 65.8 Å². The van der Waals surface area contributed by atoms with Gasteiger partial charge in [0.15, 0.2) is 0 Å². The van der Waals surface area contributed by atoms with Gasteiger partial charge in [-0.05, 0) is 59.1 Å². The maximum Gasteiger partial charge on any atom is 0.125 e. The molecule has 1 heterocycles. The molecule has 2 aromatic rings. The van der Waals surface area contributed by atoms with Crippen molar-refractivity contribution in [1.82, 2.24) is 0 Å². The van der Waals surface area contributed by atoms with Gasteiger partial charge in [0.2, 0.25) is 0 Å². The Hall–Kier alpha value is -2.00. The highest BCUT2D eigenvalue weighted by atomic mass is 16.6. The van der Waals surface area contributed by atoms with Crippen molar-refractivity contribution in [2.45, 2.75) is 78.7 Å². The first-order valence-electron chi connectivity index (χ1n) is 11.1. The quantitative estimate of drug-likeness (QED) is 0.549. The van der Waals surface area contributed by atoms with E-state index in [2.05, 4.69) is 65.8 Å². The van der Waals surface area contributed by atoms with Crippen LogP contribution in [-0.4, -0.2) is 24.4 Å². The number of hydrogen-bond acceptors (Lipinski definition) is 3. The van der Waals surface area contributed by atoms with E-state index in [1.165, 1.54) is 22.3 Å². The number of ether oxygens (including phenoxy) is 2. The maximum atomic E-state index is 10.5. The Morgan fingerprint density at radius 2 is 1.28 bits per heavy atom. The predicted octanol–water partition coefficient (Wildman–Crippen LogP) is 5.75. The highest BCUT2D eigenvalue weighted by Crippen LogP contribution is 2.39. The van der Waals surface area contributed by atoms with Crippen molar-refractivity contribution >= 4 is 0 Å². The molecule has 0 spiro atoms. The Morgan fingerprint density at radius 3 is 1.66 bits per heavy atom. The number of phenols is 1. The van der Waals surface area contributed by atoms with Crippen molar-refractivity contribution < 1.29 is 14.6 Å². The Balaban J connectivity index is 2.06. The minimum absolute atomic E-state index is 0.159. The molecule has 1 fully saturated rings. The molecular weight excluding hydrogens is 360 g/mol. The Kier molecular flexibility index (Phi) is 6.58. The standard InChI is InChI=1S/C26H36O3/c1-7-17-11-21(12-18(8-2)24(17)27)26(5,6)22-13-19(9-3)25(20(10-4)14-22)29-16-23-15-28-23/h11-14,23,27H,7-10,15-16H2,1-6H3. The molecule has 0 bridgehead atoms. The van der Waals surface area contributed by atoms with Crippen LogP contribution in [0, 0.1) is 0 Å². The molecule has 1 unspecified atom stereocenters. The smallest absolute Gasteiger partial charge is 0.125 e. The van der Waals surface area contributed by atoms with Crippen LogP contribution in [-0.2, 0) is 35.8 Å². The summed E-state index contributed by atoms with van der Waals surface area (Å²) in [6.07, 6.45) is 3.80. The topological polar surface area (TPSA) is 42.0 Å². The van der Waals surface area contributed by atoms with Gasteiger partial charge >= 0.3 is 0 Å². The fraction of sp³-hybridized carbons (Fsp3) is 0.538. The van der Waals surface area contributed by atoms with Crippen LogP contribution in [0.3, 0.4) is 0 Å². The summed E-state index contributed by atoms with van der Waals surface area (Å²) in [6.45, 7) is 14.6. The molecule has 3 rings (SSSR count). The van der Waals surface area contributed by atoms with E-state index in [1.54, 1.807) is 0 Å². The molecule has 1 aliphatic heterocycles. The molecule has 0 amide bonds. The molecular formula is C26H36O3. The minimum atomic E-state index is -0.159. The molecule has 1 atom stereocenters. The zero-order valence-electron chi connectivity index (χ0n) is 18.9. The van der Waals surface area contributed by atoms with Crippen LogP contribution in [0.15, 0.2) is 24.3 Å². The lowest BCUT2D eigenvalue weighted by atomic mass is 9.75. The van der Waals surface area contributed by atoms with E-state index in [-0.39, 0.29) is 11.5 Å². The average Bonchev–Trinajstić information content (AvgIpc) is 3.55. The van der Waals surface area contributed by atoms with Gasteiger partial charge in [-0.25, -0.2) is 0 Å². The SMILES string of the molecule is CCc1cc(C(C)(C)c2cc(CC)c(OCC3CO3)c(CC)c2)cc(CC)c1O. The van der Waals surface area contributed by atoms with E-state index in [9.17, 15) is 5.11 Å². The lowest BCUT2D eigenvalue weighted by Gasteiger charge is -2.30. The van der Waals surface area contributed by atoms with Crippen molar-refractivity contribution in [2.75, 3.05) is 13.2 Å². The third-order valence-corrected chi connectivity index (χ3v) is 6.29. The normalized spacial score (nSPS) is 16.1. The molecule has 0 aliphatic carbocycles. The molecule has 0 saturated carbocycles. The average molecular weight is 397 g/mol. The van der Waals surface area contributed by atoms with E-state index in [4.69, 9.17) is 9.47 Å². The molecule has 2 aromatic carbocycles. The van der Waals surface area contributed by atoms with Crippen LogP contribution < -0.4 is 4.74 Å². The zero-order chi connectivity index (χ0) is 21.2. The molecule has 1 aliphatic rings. The summed E-state index contributed by atoms with van der Waals surface area (Å²) in [4.78, 5) is 0. The number of epoxide rings is 1. The van der Waals surface area contributed by atoms with Crippen molar-refractivity contribution in [2.24, 2.45) is 0 Å². The van der Waals surface area contributed by atoms with Gasteiger partial charge in [0.1, 0.15) is 24.2 Å². The van der Waals surface area contributed by atoms with Crippen molar-refractivity contribution in [3.63, 3.8) is 0 Å². The second-order valence-corrected chi connectivity index (χ2v) is 8.57. The van der Waals surface area contributed by atoms with Gasteiger partial charge < -0.3 is 14.6 Å². The largest absolute Gasteiger partial charge is 0.507 e. The van der Waals surface area contributed by atoms with Gasteiger partial charge in [-0.3, -0.25) is 0 Å². The molecule has 1 N–H and O–H groups in total. The fourth-order valence-electron chi connectivity index (χ4n) is 3.99. The van der Waals surface area contributed by atoms with E-state index in [1.807, 2.05) is 0 Å². The van der Waals surface area contributed by atoms with Crippen LogP contribution in [0.5, 0.6) is 11.5 Å². The summed E-state index contributed by atoms with van der Waals surface area (Å²) in [5.74, 6) is 1.50. The number of benzene rings is 2. The molecule has 3 heteroatoms. The summed E-state index contributed by atoms with van der Waals surface area (Å²) in [7, 11) is 0. The highest BCUT2D eigenvalue weighted by Gasteiger charge is 2.28. The first-order valence-corrected chi connectivity index (χ1v) is 11.1. The molecule has 29 heavy (non-hydrogen) atoms. The van der Waals surface area contributed by atoms with Crippen LogP contribution in [0.4, 0.5) is 0 Å². The van der Waals surface area contributed by atoms with Crippen LogP contribution >= 0.6 is 0 Å². The highest BCUT2D eigenvalue weighted by molar-refractivity contribution is 5.53. The summed E-state index contributed by atoms with van der Waals surface area (Å²) >= 11 is 0. The lowest BCUT2D eigenvalue weighted by molar-refractivity contribution is 0.259. The van der Waals surface area contributed by atoms with Gasteiger partial charge in [0.25, 0.3) is 0 Å². The van der Waals surface area contributed by atoms with Crippen LogP contribution in [0.1, 0.15) is 74.9 Å². The summed E-state index contributed by atoms with van der Waals surface area (Å²) in [5.41, 5.74) is 6.99. The molecule has 158 valence electrons. The van der Waals surface area contributed by atoms with Crippen molar-refractivity contribution in [1.29, 1.82) is 0 Å². The van der Waals surface area contributed by atoms with E-state index in [0.29, 0.717) is 12.4 Å². The molecule has 0 aromatic heterocycles. The Bertz CT molecular complexity index is 812. The predicted molar refractivity (Wildman–Crippen MR) is 119 cm³/mol. The first-order chi connectivity index (χ1) is 13.8. The Labute approximate surface area is 176 Å². The zero-order valence-corrected chi connectivity index (χ0v) is 18.9. The van der Waals surface area contributed by atoms with Gasteiger partial charge in [-0.15, -0.1) is 0 Å². The van der Waals surface area contributed by atoms with Gasteiger partial charge in [0.05, 0.1) is 6.61 Å². The second-order valence-electron chi connectivity index (χ2n) is 8.57. The molecule has 1 saturated heterocycles. The van der Waals surface area contributed by atoms with Gasteiger partial charge in [-0.2, -0.15) is 0 Å². The van der Waals surface area contributed by atoms with E-state index < -0.39 is 0 Å². The van der Waals surface area contributed by atoms with Crippen molar-refractivity contribution in [3.8, 4) is 11.5 Å². The minimum Gasteiger partial charge on any atom is -0.507 e. The third kappa shape index (κ3) is 4.45. The van der Waals surface area contributed by atoms with E-state index in [0.717, 1.165) is 49.2 Å². The summed E-state index contributed by atoms with van der Waals surface area (Å²) < 4.78 is 11.5. The second kappa shape index (κ2) is 8.79. The monoisotopic (exact) mass is 396 g/mol. The number of hydrogen-bond donors (Lipinski definition) is 1. The van der Waals surface area contributed by atoms with E-state index >= 15 is 0 Å². The molecule has 0 radical (unpaired) electrons. The maximum absolute atomic E-state index is 10.5. The third-order valence-electron chi connectivity index (χ3n) is 6.29. The fourth-order valence-corrected chi connectivity index (χ4v) is 3.99. The number of aryl methyl sites for hydroxylation is 4. The van der Waals surface area contributed by atoms with Crippen LogP contribution in [0.25, 0.3) is 0 Å². The summed E-state index contributed by atoms with van der Waals surface area (Å²) in [6, 6.07) is 8.99. The number of phenolic OH excluding ortho intramolecular Hbond substituents is 1. The molecule has 3 nitrogen and oxygen atoms in total. The first kappa shape index (κ1) is 21.7. The van der Waals surface area contributed by atoms with Crippen LogP contribution in [0.2, 0.25) is 0 Å². The Morgan fingerprint density at radius 1 is 0.862 bits per heavy atom. The number of aromatic hydroxyl groups is 1. The number of rotatable bonds is 9. The lowest BCUT2D eigenvalue weighted by Crippen LogP contribution is -2.21. The summed E-state index contributed by atoms with van der Waals surface area (Å²) in [5, 5.41) is 10.5. The van der Waals surface area contributed by atoms with Gasteiger partial charge in [0, 0.05) is 5.41 Å².